The molecule has 1 aliphatic carbocycles. The summed E-state index contributed by atoms with van der Waals surface area (Å²) in [5.41, 5.74) is 5.91. The average molecular weight is 307 g/mol. The third kappa shape index (κ3) is 5.09. The van der Waals surface area contributed by atoms with E-state index in [-0.39, 0.29) is 18.2 Å². The summed E-state index contributed by atoms with van der Waals surface area (Å²) in [6.07, 6.45) is 4.83. The Hall–Kier alpha value is -1.98. The summed E-state index contributed by atoms with van der Waals surface area (Å²) >= 11 is 0. The van der Waals surface area contributed by atoms with Gasteiger partial charge in [0.05, 0.1) is 5.69 Å². The van der Waals surface area contributed by atoms with Gasteiger partial charge in [0.2, 0.25) is 5.88 Å². The molecule has 6 nitrogen and oxygen atoms in total. The number of nitrogens with two attached hydrogens (primary N) is 1. The van der Waals surface area contributed by atoms with Crippen LogP contribution in [0.2, 0.25) is 0 Å². The topological polar surface area (TPSA) is 86.5 Å². The maximum absolute atomic E-state index is 11.8. The first-order chi connectivity index (χ1) is 10.3. The first-order valence-electron chi connectivity index (χ1n) is 7.70. The number of pyridine rings is 1. The minimum absolute atomic E-state index is 0.0916. The van der Waals surface area contributed by atoms with Crippen LogP contribution >= 0.6 is 0 Å². The van der Waals surface area contributed by atoms with Gasteiger partial charge in [-0.05, 0) is 58.6 Å². The van der Waals surface area contributed by atoms with Crippen molar-refractivity contribution in [2.75, 3.05) is 5.73 Å². The van der Waals surface area contributed by atoms with Gasteiger partial charge >= 0.3 is 6.09 Å². The molecular formula is C16H25N3O3. The highest BCUT2D eigenvalue weighted by atomic mass is 16.6. The molecule has 0 spiro atoms. The molecule has 1 amide bonds. The lowest BCUT2D eigenvalue weighted by atomic mass is 9.93. The van der Waals surface area contributed by atoms with Crippen LogP contribution in [-0.4, -0.2) is 28.8 Å². The molecule has 2 rings (SSSR count). The fraction of sp³-hybridized carbons (Fsp3) is 0.625. The molecule has 0 bridgehead atoms. The number of anilines is 1. The second-order valence-electron chi connectivity index (χ2n) is 6.64. The summed E-state index contributed by atoms with van der Waals surface area (Å²) < 4.78 is 11.1. The van der Waals surface area contributed by atoms with Gasteiger partial charge in [-0.25, -0.2) is 9.78 Å². The zero-order chi connectivity index (χ0) is 16.2. The molecule has 0 aromatic carbocycles. The van der Waals surface area contributed by atoms with Gasteiger partial charge in [-0.15, -0.1) is 0 Å². The van der Waals surface area contributed by atoms with E-state index in [4.69, 9.17) is 15.2 Å². The number of ether oxygens (including phenoxy) is 2. The number of hydrogen-bond acceptors (Lipinski definition) is 5. The van der Waals surface area contributed by atoms with E-state index >= 15 is 0 Å². The van der Waals surface area contributed by atoms with Gasteiger partial charge in [0.15, 0.2) is 0 Å². The lowest BCUT2D eigenvalue weighted by Gasteiger charge is -2.30. The second kappa shape index (κ2) is 6.85. The maximum atomic E-state index is 11.8. The molecule has 0 unspecified atom stereocenters. The maximum Gasteiger partial charge on any atom is 0.407 e. The van der Waals surface area contributed by atoms with Crippen molar-refractivity contribution >= 4 is 11.8 Å². The number of amides is 1. The molecular weight excluding hydrogens is 282 g/mol. The average Bonchev–Trinajstić information content (AvgIpc) is 2.41. The largest absolute Gasteiger partial charge is 0.473 e. The van der Waals surface area contributed by atoms with Crippen LogP contribution in [0.15, 0.2) is 18.3 Å². The molecule has 3 N–H and O–H groups in total. The zero-order valence-electron chi connectivity index (χ0n) is 13.5. The van der Waals surface area contributed by atoms with E-state index in [2.05, 4.69) is 10.3 Å². The molecule has 22 heavy (non-hydrogen) atoms. The van der Waals surface area contributed by atoms with Crippen molar-refractivity contribution in [1.82, 2.24) is 10.3 Å². The van der Waals surface area contributed by atoms with Crippen molar-refractivity contribution in [3.05, 3.63) is 18.3 Å². The third-order valence-corrected chi connectivity index (χ3v) is 3.47. The first-order valence-corrected chi connectivity index (χ1v) is 7.70. The van der Waals surface area contributed by atoms with Gasteiger partial charge in [-0.2, -0.15) is 0 Å². The van der Waals surface area contributed by atoms with Crippen molar-refractivity contribution < 1.29 is 14.3 Å². The minimum atomic E-state index is -0.471. The third-order valence-electron chi connectivity index (χ3n) is 3.47. The van der Waals surface area contributed by atoms with Gasteiger partial charge in [-0.1, -0.05) is 0 Å². The summed E-state index contributed by atoms with van der Waals surface area (Å²) in [5.74, 6) is 0.492. The SMILES string of the molecule is CC(C)(C)OC(=O)N[C@H]1CC[C@H](Oc2ncccc2N)CC1. The van der Waals surface area contributed by atoms with Crippen LogP contribution in [-0.2, 0) is 4.74 Å². The van der Waals surface area contributed by atoms with Crippen molar-refractivity contribution in [1.29, 1.82) is 0 Å². The number of carbonyl (C=O) groups excluding carboxylic acids is 1. The van der Waals surface area contributed by atoms with Gasteiger partial charge in [-0.3, -0.25) is 0 Å². The Morgan fingerprint density at radius 1 is 1.32 bits per heavy atom. The lowest BCUT2D eigenvalue weighted by Crippen LogP contribution is -2.42. The number of nitrogens with zero attached hydrogens (tertiary/aromatic N) is 1. The molecule has 1 aromatic rings. The van der Waals surface area contributed by atoms with Crippen LogP contribution in [0.3, 0.4) is 0 Å². The molecule has 1 aromatic heterocycles. The van der Waals surface area contributed by atoms with E-state index in [9.17, 15) is 4.79 Å². The Bertz CT molecular complexity index is 506. The number of carbonyl (C=O) groups is 1. The second-order valence-corrected chi connectivity index (χ2v) is 6.64. The van der Waals surface area contributed by atoms with Gasteiger partial charge in [0, 0.05) is 12.2 Å². The van der Waals surface area contributed by atoms with Crippen molar-refractivity contribution in [2.24, 2.45) is 0 Å². The Kier molecular flexibility index (Phi) is 5.11. The summed E-state index contributed by atoms with van der Waals surface area (Å²) in [5, 5.41) is 2.91. The summed E-state index contributed by atoms with van der Waals surface area (Å²) in [4.78, 5) is 15.9. The van der Waals surface area contributed by atoms with E-state index in [0.29, 0.717) is 11.6 Å². The molecule has 1 saturated carbocycles. The summed E-state index contributed by atoms with van der Waals surface area (Å²) in [6, 6.07) is 3.69. The summed E-state index contributed by atoms with van der Waals surface area (Å²) in [7, 11) is 0. The van der Waals surface area contributed by atoms with Crippen LogP contribution in [0.4, 0.5) is 10.5 Å². The standard InChI is InChI=1S/C16H25N3O3/c1-16(2,3)22-15(20)19-11-6-8-12(9-7-11)21-14-13(17)5-4-10-18-14/h4-5,10-12H,6-9,17H2,1-3H3,(H,19,20)/t11-,12-. The molecule has 122 valence electrons. The van der Waals surface area contributed by atoms with Gasteiger partial charge < -0.3 is 20.5 Å². The van der Waals surface area contributed by atoms with Crippen LogP contribution in [0.1, 0.15) is 46.5 Å². The number of rotatable bonds is 3. The normalized spacial score (nSPS) is 22.0. The fourth-order valence-electron chi connectivity index (χ4n) is 2.46. The van der Waals surface area contributed by atoms with E-state index < -0.39 is 5.60 Å². The number of nitrogen functional groups attached to an aromatic ring is 1. The van der Waals surface area contributed by atoms with Crippen LogP contribution < -0.4 is 15.8 Å². The predicted molar refractivity (Wildman–Crippen MR) is 84.7 cm³/mol. The van der Waals surface area contributed by atoms with Crippen LogP contribution in [0.25, 0.3) is 0 Å². The predicted octanol–water partition coefficient (Wildman–Crippen LogP) is 2.88. The Balaban J connectivity index is 1.76. The molecule has 0 atom stereocenters. The highest BCUT2D eigenvalue weighted by Gasteiger charge is 2.26. The van der Waals surface area contributed by atoms with Crippen molar-refractivity contribution in [3.63, 3.8) is 0 Å². The van der Waals surface area contributed by atoms with Gasteiger partial charge in [0.25, 0.3) is 0 Å². The molecule has 1 fully saturated rings. The van der Waals surface area contributed by atoms with Crippen LogP contribution in [0, 0.1) is 0 Å². The van der Waals surface area contributed by atoms with E-state index in [1.54, 1.807) is 18.3 Å². The molecule has 0 aliphatic heterocycles. The Morgan fingerprint density at radius 3 is 2.59 bits per heavy atom. The quantitative estimate of drug-likeness (QED) is 0.896. The molecule has 0 radical (unpaired) electrons. The van der Waals surface area contributed by atoms with E-state index in [1.807, 2.05) is 20.8 Å². The Morgan fingerprint density at radius 2 is 2.00 bits per heavy atom. The monoisotopic (exact) mass is 307 g/mol. The molecule has 1 aliphatic rings. The lowest BCUT2D eigenvalue weighted by molar-refractivity contribution is 0.0470. The molecule has 0 saturated heterocycles. The van der Waals surface area contributed by atoms with Crippen molar-refractivity contribution in [2.45, 2.75) is 64.2 Å². The number of nitrogens with one attached hydrogen (secondary N) is 1. The number of hydrogen-bond donors (Lipinski definition) is 2. The highest BCUT2D eigenvalue weighted by molar-refractivity contribution is 5.68. The zero-order valence-corrected chi connectivity index (χ0v) is 13.5. The fourth-order valence-corrected chi connectivity index (χ4v) is 2.46. The summed E-state index contributed by atoms with van der Waals surface area (Å²) in [6.45, 7) is 5.57. The first kappa shape index (κ1) is 16.4. The van der Waals surface area contributed by atoms with Crippen molar-refractivity contribution in [3.8, 4) is 5.88 Å². The van der Waals surface area contributed by atoms with Crippen LogP contribution in [0.5, 0.6) is 5.88 Å². The van der Waals surface area contributed by atoms with E-state index in [0.717, 1.165) is 25.7 Å². The highest BCUT2D eigenvalue weighted by Crippen LogP contribution is 2.25. The van der Waals surface area contributed by atoms with E-state index in [1.165, 1.54) is 0 Å². The number of alkyl carbamates (subject to hydrolysis) is 1. The Labute approximate surface area is 131 Å². The smallest absolute Gasteiger partial charge is 0.407 e. The minimum Gasteiger partial charge on any atom is -0.473 e. The molecule has 1 heterocycles. The number of aromatic nitrogens is 1. The molecule has 6 heteroatoms. The van der Waals surface area contributed by atoms with Gasteiger partial charge in [0.1, 0.15) is 11.7 Å².